The van der Waals surface area contributed by atoms with E-state index in [0.717, 1.165) is 0 Å². The van der Waals surface area contributed by atoms with Gasteiger partial charge in [-0.25, -0.2) is 4.98 Å². The number of nitrogen functional groups attached to an aromatic ring is 1. The number of nitrogens with two attached hydrogens (primary N) is 1. The monoisotopic (exact) mass is 312 g/mol. The third-order valence-corrected chi connectivity index (χ3v) is 4.16. The molecule has 2 heterocycles. The smallest absolute Gasteiger partial charge is 0.458 e. The van der Waals surface area contributed by atoms with Gasteiger partial charge in [0.05, 0.1) is 18.2 Å². The molecule has 0 radical (unpaired) electrons. The molecule has 1 saturated heterocycles. The summed E-state index contributed by atoms with van der Waals surface area (Å²) in [5, 5.41) is 20.7. The van der Waals surface area contributed by atoms with Crippen LogP contribution in [0, 0.1) is 0 Å². The minimum atomic E-state index is -1.09. The van der Waals surface area contributed by atoms with E-state index in [9.17, 15) is 14.6 Å². The van der Waals surface area contributed by atoms with E-state index in [4.69, 9.17) is 15.5 Å². The molecule has 7 nitrogen and oxygen atoms in total. The molecule has 2 atom stereocenters. The Morgan fingerprint density at radius 2 is 2.24 bits per heavy atom. The minimum absolute atomic E-state index is 0.0374. The number of rotatable bonds is 6. The zero-order valence-corrected chi connectivity index (χ0v) is 12.2. The maximum atomic E-state index is 12.0. The van der Waals surface area contributed by atoms with Crippen LogP contribution >= 0.6 is 11.3 Å². The number of ketones is 1. The van der Waals surface area contributed by atoms with Crippen LogP contribution in [0.15, 0.2) is 5.38 Å². The van der Waals surface area contributed by atoms with Crippen molar-refractivity contribution in [2.75, 3.05) is 5.73 Å². The number of carboxylic acid groups (broad SMARTS) is 1. The molecule has 0 unspecified atom stereocenters. The molecule has 1 aliphatic heterocycles. The van der Waals surface area contributed by atoms with Crippen LogP contribution in [0.1, 0.15) is 31.4 Å². The topological polar surface area (TPSA) is 123 Å². The maximum Gasteiger partial charge on any atom is 0.458 e. The van der Waals surface area contributed by atoms with Crippen LogP contribution in [0.25, 0.3) is 0 Å². The number of aromatic nitrogens is 1. The quantitative estimate of drug-likeness (QED) is 0.662. The van der Waals surface area contributed by atoms with E-state index in [-0.39, 0.29) is 30.9 Å². The van der Waals surface area contributed by atoms with Gasteiger partial charge >= 0.3 is 13.1 Å². The average molecular weight is 312 g/mol. The average Bonchev–Trinajstić information content (AvgIpc) is 2.77. The van der Waals surface area contributed by atoms with Crippen molar-refractivity contribution in [2.24, 2.45) is 0 Å². The van der Waals surface area contributed by atoms with Crippen LogP contribution < -0.4 is 5.73 Å². The molecule has 0 bridgehead atoms. The molecule has 9 heteroatoms. The van der Waals surface area contributed by atoms with Gasteiger partial charge in [0.1, 0.15) is 5.78 Å². The summed E-state index contributed by atoms with van der Waals surface area (Å²) in [5.41, 5.74) is 6.14. The van der Waals surface area contributed by atoms with Crippen LogP contribution in [0.3, 0.4) is 0 Å². The van der Waals surface area contributed by atoms with E-state index >= 15 is 0 Å². The van der Waals surface area contributed by atoms with E-state index in [0.29, 0.717) is 23.7 Å². The minimum Gasteiger partial charge on any atom is -0.481 e. The third kappa shape index (κ3) is 4.80. The summed E-state index contributed by atoms with van der Waals surface area (Å²) >= 11 is 1.28. The lowest BCUT2D eigenvalue weighted by molar-refractivity contribution is -0.139. The molecule has 0 spiro atoms. The highest BCUT2D eigenvalue weighted by Crippen LogP contribution is 2.31. The van der Waals surface area contributed by atoms with E-state index in [2.05, 4.69) is 4.98 Å². The van der Waals surface area contributed by atoms with Gasteiger partial charge in [0.25, 0.3) is 0 Å². The van der Waals surface area contributed by atoms with Gasteiger partial charge in [0.2, 0.25) is 0 Å². The lowest BCUT2D eigenvalue weighted by Gasteiger charge is -2.30. The van der Waals surface area contributed by atoms with Crippen molar-refractivity contribution in [3.8, 4) is 0 Å². The first kappa shape index (κ1) is 15.9. The number of nitrogens with zero attached hydrogens (tertiary/aromatic N) is 1. The van der Waals surface area contributed by atoms with E-state index in [1.54, 1.807) is 5.38 Å². The predicted molar refractivity (Wildman–Crippen MR) is 77.9 cm³/mol. The van der Waals surface area contributed by atoms with Crippen molar-refractivity contribution in [1.29, 1.82) is 0 Å². The summed E-state index contributed by atoms with van der Waals surface area (Å²) < 4.78 is 5.25. The molecule has 1 aromatic rings. The highest BCUT2D eigenvalue weighted by molar-refractivity contribution is 7.13. The van der Waals surface area contributed by atoms with Crippen molar-refractivity contribution in [2.45, 2.75) is 44.0 Å². The molecule has 0 amide bonds. The Hall–Kier alpha value is -1.45. The maximum absolute atomic E-state index is 12.0. The Morgan fingerprint density at radius 3 is 2.81 bits per heavy atom. The lowest BCUT2D eigenvalue weighted by Crippen LogP contribution is -2.38. The predicted octanol–water partition coefficient (Wildman–Crippen LogP) is 0.731. The van der Waals surface area contributed by atoms with Crippen molar-refractivity contribution in [3.05, 3.63) is 11.1 Å². The van der Waals surface area contributed by atoms with Gasteiger partial charge in [-0.05, 0) is 12.8 Å². The zero-order chi connectivity index (χ0) is 15.4. The summed E-state index contributed by atoms with van der Waals surface area (Å²) in [7, 11) is -1.09. The highest BCUT2D eigenvalue weighted by Gasteiger charge is 2.36. The molecular formula is C12H17BN2O5S. The lowest BCUT2D eigenvalue weighted by atomic mass is 9.64. The van der Waals surface area contributed by atoms with Crippen molar-refractivity contribution < 1.29 is 24.4 Å². The van der Waals surface area contributed by atoms with Crippen molar-refractivity contribution in [1.82, 2.24) is 4.98 Å². The normalized spacial score (nSPS) is 22.2. The summed E-state index contributed by atoms with van der Waals surface area (Å²) in [6.45, 7) is 0. The number of thiazole rings is 1. The number of anilines is 1. The van der Waals surface area contributed by atoms with Crippen LogP contribution in [-0.2, 0) is 20.7 Å². The van der Waals surface area contributed by atoms with Gasteiger partial charge in [-0.15, -0.1) is 11.3 Å². The second-order valence-corrected chi connectivity index (χ2v) is 6.07. The third-order valence-electron chi connectivity index (χ3n) is 3.43. The van der Waals surface area contributed by atoms with Crippen LogP contribution in [0.2, 0.25) is 5.82 Å². The Labute approximate surface area is 126 Å². The van der Waals surface area contributed by atoms with Crippen LogP contribution in [0.4, 0.5) is 5.13 Å². The molecule has 0 aliphatic carbocycles. The molecule has 2 rings (SSSR count). The molecule has 0 aromatic carbocycles. The highest BCUT2D eigenvalue weighted by atomic mass is 32.1. The number of aliphatic carboxylic acids is 1. The number of carbonyl (C=O) groups excluding carboxylic acids is 1. The van der Waals surface area contributed by atoms with E-state index < -0.39 is 19.2 Å². The second kappa shape index (κ2) is 7.01. The first-order valence-corrected chi connectivity index (χ1v) is 7.59. The molecule has 4 N–H and O–H groups in total. The second-order valence-electron chi connectivity index (χ2n) is 5.18. The molecule has 1 aliphatic rings. The van der Waals surface area contributed by atoms with E-state index in [1.165, 1.54) is 11.3 Å². The SMILES string of the molecule is Nc1nc(CC(=O)C[C@H]2CC[C@@H](CC(=O)O)OB2O)cs1. The van der Waals surface area contributed by atoms with Crippen LogP contribution in [0.5, 0.6) is 0 Å². The van der Waals surface area contributed by atoms with Crippen LogP contribution in [-0.4, -0.2) is 40.1 Å². The van der Waals surface area contributed by atoms with Gasteiger partial charge in [-0.2, -0.15) is 0 Å². The molecule has 1 aromatic heterocycles. The fraction of sp³-hybridized carbons (Fsp3) is 0.583. The largest absolute Gasteiger partial charge is 0.481 e. The number of hydrogen-bond acceptors (Lipinski definition) is 7. The zero-order valence-electron chi connectivity index (χ0n) is 11.4. The Bertz CT molecular complexity index is 524. The Morgan fingerprint density at radius 1 is 1.48 bits per heavy atom. The van der Waals surface area contributed by atoms with E-state index in [1.807, 2.05) is 0 Å². The van der Waals surface area contributed by atoms with Gasteiger partial charge in [-0.1, -0.05) is 0 Å². The first-order chi connectivity index (χ1) is 9.94. The molecule has 1 fully saturated rings. The fourth-order valence-corrected chi connectivity index (χ4v) is 3.00. The standard InChI is InChI=1S/C12H17BN2O5S/c14-12-15-8(6-21-12)4-9(16)3-7-1-2-10(5-11(17)18)20-13(7)19/h6-7,10,19H,1-5H2,(H2,14,15)(H,17,18)/t7-,10+/m1/s1. The summed E-state index contributed by atoms with van der Waals surface area (Å²) in [4.78, 5) is 26.6. The Kier molecular flexibility index (Phi) is 5.32. The summed E-state index contributed by atoms with van der Waals surface area (Å²) in [6, 6.07) is 0. The van der Waals surface area contributed by atoms with Crippen molar-refractivity contribution >= 4 is 35.3 Å². The fourth-order valence-electron chi connectivity index (χ4n) is 2.44. The summed E-state index contributed by atoms with van der Waals surface area (Å²) in [6.07, 6.45) is 0.876. The number of carboxylic acids is 1. The van der Waals surface area contributed by atoms with Gasteiger partial charge < -0.3 is 20.5 Å². The molecular weight excluding hydrogens is 295 g/mol. The number of carbonyl (C=O) groups is 2. The first-order valence-electron chi connectivity index (χ1n) is 6.71. The van der Waals surface area contributed by atoms with Crippen molar-refractivity contribution in [3.63, 3.8) is 0 Å². The molecule has 0 saturated carbocycles. The number of hydrogen-bond donors (Lipinski definition) is 3. The van der Waals surface area contributed by atoms with Gasteiger partial charge in [-0.3, -0.25) is 9.59 Å². The summed E-state index contributed by atoms with van der Waals surface area (Å²) in [5.74, 6) is -1.29. The van der Waals surface area contributed by atoms with Gasteiger partial charge in [0.15, 0.2) is 5.13 Å². The molecule has 114 valence electrons. The van der Waals surface area contributed by atoms with Gasteiger partial charge in [0, 0.05) is 24.0 Å². The Balaban J connectivity index is 1.80. The number of Topliss-reactive ketones (excluding diaryl/α,β-unsaturated/α-hetero) is 1. The molecule has 21 heavy (non-hydrogen) atoms.